The smallest absolute Gasteiger partial charge is 0.178 e. The Labute approximate surface area is 116 Å². The largest absolute Gasteiger partial charge is 0.351 e. The topological polar surface area (TPSA) is 48.3 Å². The van der Waals surface area contributed by atoms with Gasteiger partial charge in [-0.15, -0.1) is 0 Å². The van der Waals surface area contributed by atoms with Crippen LogP contribution in [-0.4, -0.2) is 35.8 Å². The van der Waals surface area contributed by atoms with E-state index in [2.05, 4.69) is 24.3 Å². The van der Waals surface area contributed by atoms with Gasteiger partial charge in [-0.25, -0.2) is 0 Å². The fourth-order valence-electron chi connectivity index (χ4n) is 2.13. The van der Waals surface area contributed by atoms with E-state index >= 15 is 0 Å². The van der Waals surface area contributed by atoms with Crippen molar-refractivity contribution in [3.05, 3.63) is 18.0 Å². The molecule has 110 valence electrons. The molecule has 0 fully saturated rings. The fourth-order valence-corrected chi connectivity index (χ4v) is 2.13. The first-order chi connectivity index (χ1) is 9.28. The van der Waals surface area contributed by atoms with Crippen LogP contribution in [0.15, 0.2) is 12.3 Å². The van der Waals surface area contributed by atoms with Crippen molar-refractivity contribution in [2.24, 2.45) is 0 Å². The van der Waals surface area contributed by atoms with Crippen LogP contribution in [0.25, 0.3) is 0 Å². The molecule has 19 heavy (non-hydrogen) atoms. The second-order valence-electron chi connectivity index (χ2n) is 4.29. The van der Waals surface area contributed by atoms with Crippen LogP contribution >= 0.6 is 0 Å². The summed E-state index contributed by atoms with van der Waals surface area (Å²) in [6.07, 6.45) is 2.62. The van der Waals surface area contributed by atoms with Crippen molar-refractivity contribution in [3.8, 4) is 0 Å². The Hall–Kier alpha value is -0.910. The van der Waals surface area contributed by atoms with E-state index in [0.29, 0.717) is 13.2 Å². The Morgan fingerprint density at radius 2 is 1.89 bits per heavy atom. The lowest BCUT2D eigenvalue weighted by Crippen LogP contribution is -2.37. The molecule has 1 rings (SSSR count). The molecule has 0 aliphatic rings. The monoisotopic (exact) mass is 269 g/mol. The van der Waals surface area contributed by atoms with E-state index in [1.807, 2.05) is 30.8 Å². The van der Waals surface area contributed by atoms with Gasteiger partial charge in [-0.2, -0.15) is 5.10 Å². The van der Waals surface area contributed by atoms with E-state index in [0.717, 1.165) is 25.2 Å². The summed E-state index contributed by atoms with van der Waals surface area (Å²) in [6.45, 7) is 11.2. The molecule has 1 heterocycles. The van der Waals surface area contributed by atoms with Gasteiger partial charge in [0.1, 0.15) is 6.04 Å². The Morgan fingerprint density at radius 1 is 1.21 bits per heavy atom. The summed E-state index contributed by atoms with van der Waals surface area (Å²) in [4.78, 5) is 0. The Kier molecular flexibility index (Phi) is 7.70. The van der Waals surface area contributed by atoms with Gasteiger partial charge in [0, 0.05) is 26.0 Å². The Balaban J connectivity index is 2.92. The van der Waals surface area contributed by atoms with E-state index in [4.69, 9.17) is 9.47 Å². The normalized spacial score (nSPS) is 13.1. The summed E-state index contributed by atoms with van der Waals surface area (Å²) in [5.74, 6) is 0. The molecule has 0 saturated carbocycles. The summed E-state index contributed by atoms with van der Waals surface area (Å²) in [6, 6.07) is 2.05. The van der Waals surface area contributed by atoms with Crippen LogP contribution in [0, 0.1) is 0 Å². The highest BCUT2D eigenvalue weighted by atomic mass is 16.7. The molecular formula is C14H27N3O2. The molecule has 1 atom stereocenters. The first-order valence-electron chi connectivity index (χ1n) is 7.26. The lowest BCUT2D eigenvalue weighted by Gasteiger charge is -2.28. The number of hydrogen-bond donors (Lipinski definition) is 1. The number of aromatic nitrogens is 2. The van der Waals surface area contributed by atoms with Crippen LogP contribution in [0.2, 0.25) is 0 Å². The van der Waals surface area contributed by atoms with Gasteiger partial charge in [-0.05, 0) is 32.9 Å². The number of hydrogen-bond acceptors (Lipinski definition) is 4. The molecule has 1 N–H and O–H groups in total. The fraction of sp³-hybridized carbons (Fsp3) is 0.786. The van der Waals surface area contributed by atoms with Crippen molar-refractivity contribution >= 4 is 0 Å². The molecule has 1 aromatic rings. The minimum atomic E-state index is -0.276. The van der Waals surface area contributed by atoms with E-state index in [-0.39, 0.29) is 12.3 Å². The number of aryl methyl sites for hydroxylation is 1. The highest BCUT2D eigenvalue weighted by molar-refractivity contribution is 5.08. The average molecular weight is 269 g/mol. The number of ether oxygens (including phenoxy) is 2. The number of rotatable bonds is 10. The van der Waals surface area contributed by atoms with Gasteiger partial charge in [-0.3, -0.25) is 4.68 Å². The van der Waals surface area contributed by atoms with Crippen molar-refractivity contribution in [1.82, 2.24) is 15.1 Å². The molecule has 0 amide bonds. The number of nitrogens with one attached hydrogen (secondary N) is 1. The second-order valence-corrected chi connectivity index (χ2v) is 4.29. The number of likely N-dealkylation sites (N-methyl/N-ethyl adjacent to an activating group) is 1. The molecule has 0 saturated heterocycles. The zero-order valence-electron chi connectivity index (χ0n) is 12.6. The van der Waals surface area contributed by atoms with Crippen molar-refractivity contribution in [3.63, 3.8) is 0 Å². The van der Waals surface area contributed by atoms with Gasteiger partial charge in [0.15, 0.2) is 6.29 Å². The van der Waals surface area contributed by atoms with E-state index < -0.39 is 0 Å². The highest BCUT2D eigenvalue weighted by Gasteiger charge is 2.26. The lowest BCUT2D eigenvalue weighted by atomic mass is 10.2. The second kappa shape index (κ2) is 9.07. The molecule has 0 aromatic carbocycles. The molecule has 0 aliphatic carbocycles. The molecule has 0 spiro atoms. The molecular weight excluding hydrogens is 242 g/mol. The first kappa shape index (κ1) is 16.1. The average Bonchev–Trinajstić information content (AvgIpc) is 2.84. The molecule has 5 heteroatoms. The van der Waals surface area contributed by atoms with Gasteiger partial charge < -0.3 is 14.8 Å². The molecule has 5 nitrogen and oxygen atoms in total. The predicted molar refractivity (Wildman–Crippen MR) is 76.0 cm³/mol. The van der Waals surface area contributed by atoms with Gasteiger partial charge in [0.05, 0.1) is 5.69 Å². The molecule has 0 radical (unpaired) electrons. The minimum absolute atomic E-state index is 0.0129. The minimum Gasteiger partial charge on any atom is -0.351 e. The van der Waals surface area contributed by atoms with Crippen molar-refractivity contribution in [2.45, 2.75) is 53.0 Å². The van der Waals surface area contributed by atoms with Crippen LogP contribution in [0.4, 0.5) is 0 Å². The summed E-state index contributed by atoms with van der Waals surface area (Å²) in [5, 5.41) is 7.82. The summed E-state index contributed by atoms with van der Waals surface area (Å²) < 4.78 is 13.5. The van der Waals surface area contributed by atoms with E-state index in [9.17, 15) is 0 Å². The maximum atomic E-state index is 5.73. The summed E-state index contributed by atoms with van der Waals surface area (Å²) in [5.41, 5.74) is 1.12. The molecule has 0 aliphatic heterocycles. The molecule has 0 bridgehead atoms. The molecule has 1 aromatic heterocycles. The van der Waals surface area contributed by atoms with Gasteiger partial charge in [0.25, 0.3) is 0 Å². The Bertz CT molecular complexity index is 335. The predicted octanol–water partition coefficient (Wildman–Crippen LogP) is 2.34. The summed E-state index contributed by atoms with van der Waals surface area (Å²) in [7, 11) is 0. The van der Waals surface area contributed by atoms with Crippen LogP contribution < -0.4 is 5.32 Å². The van der Waals surface area contributed by atoms with Crippen LogP contribution in [0.3, 0.4) is 0 Å². The lowest BCUT2D eigenvalue weighted by molar-refractivity contribution is -0.156. The standard InChI is InChI=1S/C14H27N3O2/c1-5-11-17-12(9-10-16-17)13(15-6-2)14(18-7-3)19-8-4/h9-10,13-15H,5-8,11H2,1-4H3. The third kappa shape index (κ3) is 4.60. The quantitative estimate of drug-likeness (QED) is 0.662. The van der Waals surface area contributed by atoms with Crippen LogP contribution in [-0.2, 0) is 16.0 Å². The van der Waals surface area contributed by atoms with Crippen molar-refractivity contribution in [2.75, 3.05) is 19.8 Å². The van der Waals surface area contributed by atoms with Gasteiger partial charge >= 0.3 is 0 Å². The van der Waals surface area contributed by atoms with Crippen LogP contribution in [0.5, 0.6) is 0 Å². The van der Waals surface area contributed by atoms with Gasteiger partial charge in [-0.1, -0.05) is 13.8 Å². The summed E-state index contributed by atoms with van der Waals surface area (Å²) >= 11 is 0. The van der Waals surface area contributed by atoms with Crippen molar-refractivity contribution in [1.29, 1.82) is 0 Å². The maximum Gasteiger partial charge on any atom is 0.178 e. The van der Waals surface area contributed by atoms with E-state index in [1.165, 1.54) is 0 Å². The third-order valence-corrected chi connectivity index (χ3v) is 2.86. The zero-order chi connectivity index (χ0) is 14.1. The van der Waals surface area contributed by atoms with Crippen LogP contribution in [0.1, 0.15) is 45.9 Å². The molecule has 1 unspecified atom stereocenters. The van der Waals surface area contributed by atoms with Gasteiger partial charge in [0.2, 0.25) is 0 Å². The zero-order valence-corrected chi connectivity index (χ0v) is 12.6. The SMILES string of the molecule is CCCn1nccc1C(NCC)C(OCC)OCC. The highest BCUT2D eigenvalue weighted by Crippen LogP contribution is 2.20. The maximum absolute atomic E-state index is 5.73. The third-order valence-electron chi connectivity index (χ3n) is 2.86. The van der Waals surface area contributed by atoms with E-state index in [1.54, 1.807) is 0 Å². The number of nitrogens with zero attached hydrogens (tertiary/aromatic N) is 2. The van der Waals surface area contributed by atoms with Crippen molar-refractivity contribution < 1.29 is 9.47 Å². The Morgan fingerprint density at radius 3 is 2.42 bits per heavy atom. The first-order valence-corrected chi connectivity index (χ1v) is 7.26.